The van der Waals surface area contributed by atoms with Crippen molar-refractivity contribution < 1.29 is 9.90 Å². The van der Waals surface area contributed by atoms with Crippen molar-refractivity contribution in [3.8, 4) is 0 Å². The van der Waals surface area contributed by atoms with Crippen LogP contribution in [-0.2, 0) is 5.60 Å². The lowest BCUT2D eigenvalue weighted by Crippen LogP contribution is -2.53. The van der Waals surface area contributed by atoms with Crippen molar-refractivity contribution in [2.75, 3.05) is 5.32 Å². The molecule has 0 spiro atoms. The molecule has 2 saturated heterocycles. The van der Waals surface area contributed by atoms with E-state index in [1.54, 1.807) is 36.7 Å². The molecule has 2 unspecified atom stereocenters. The Balaban J connectivity index is 1.50. The molecule has 1 aromatic heterocycles. The fourth-order valence-electron chi connectivity index (χ4n) is 4.15. The van der Waals surface area contributed by atoms with Gasteiger partial charge in [-0.3, -0.25) is 4.98 Å². The smallest absolute Gasteiger partial charge is 0.322 e. The third-order valence-corrected chi connectivity index (χ3v) is 5.55. The lowest BCUT2D eigenvalue weighted by molar-refractivity contribution is -0.0424. The summed E-state index contributed by atoms with van der Waals surface area (Å²) in [6.07, 6.45) is 6.36. The zero-order valence-electron chi connectivity index (χ0n) is 13.7. The van der Waals surface area contributed by atoms with Gasteiger partial charge in [0.1, 0.15) is 0 Å². The van der Waals surface area contributed by atoms with Crippen LogP contribution in [0.5, 0.6) is 0 Å². The number of piperidine rings is 1. The quantitative estimate of drug-likeness (QED) is 0.859. The number of pyridine rings is 1. The lowest BCUT2D eigenvalue weighted by atomic mass is 9.81. The van der Waals surface area contributed by atoms with Gasteiger partial charge < -0.3 is 15.3 Å². The molecule has 2 aliphatic rings. The topological polar surface area (TPSA) is 65.5 Å². The third-order valence-electron chi connectivity index (χ3n) is 5.30. The summed E-state index contributed by atoms with van der Waals surface area (Å²) >= 11 is 5.89. The Morgan fingerprint density at radius 3 is 2.48 bits per heavy atom. The Kier molecular flexibility index (Phi) is 4.13. The number of hydrogen-bond donors (Lipinski definition) is 2. The molecule has 4 rings (SSSR count). The fourth-order valence-corrected chi connectivity index (χ4v) is 4.28. The van der Waals surface area contributed by atoms with Gasteiger partial charge >= 0.3 is 6.03 Å². The predicted octanol–water partition coefficient (Wildman–Crippen LogP) is 3.78. The van der Waals surface area contributed by atoms with Gasteiger partial charge in [-0.05, 0) is 43.2 Å². The SMILES string of the molecule is O=C(Nc1ccc(Cl)cc1)N1C2CCC1CC(O)(c1cccnc1)C2. The predicted molar refractivity (Wildman–Crippen MR) is 96.5 cm³/mol. The first-order valence-corrected chi connectivity index (χ1v) is 8.91. The minimum atomic E-state index is -0.906. The van der Waals surface area contributed by atoms with Crippen LogP contribution in [0.1, 0.15) is 31.2 Å². The van der Waals surface area contributed by atoms with Gasteiger partial charge in [-0.1, -0.05) is 17.7 Å². The van der Waals surface area contributed by atoms with Crippen LogP contribution >= 0.6 is 11.6 Å². The van der Waals surface area contributed by atoms with Crippen molar-refractivity contribution in [1.29, 1.82) is 0 Å². The number of carbonyl (C=O) groups excluding carboxylic acids is 1. The zero-order chi connectivity index (χ0) is 17.4. The maximum Gasteiger partial charge on any atom is 0.322 e. The van der Waals surface area contributed by atoms with E-state index in [-0.39, 0.29) is 18.1 Å². The minimum absolute atomic E-state index is 0.0382. The van der Waals surface area contributed by atoms with Crippen LogP contribution in [0.25, 0.3) is 0 Å². The number of nitrogens with one attached hydrogen (secondary N) is 1. The number of fused-ring (bicyclic) bond motifs is 2. The van der Waals surface area contributed by atoms with E-state index in [9.17, 15) is 9.90 Å². The molecule has 0 saturated carbocycles. The van der Waals surface area contributed by atoms with Gasteiger partial charge in [0.05, 0.1) is 5.60 Å². The van der Waals surface area contributed by atoms with Crippen LogP contribution in [-0.4, -0.2) is 33.1 Å². The number of rotatable bonds is 2. The highest BCUT2D eigenvalue weighted by Crippen LogP contribution is 2.45. The highest BCUT2D eigenvalue weighted by atomic mass is 35.5. The molecule has 25 heavy (non-hydrogen) atoms. The number of aromatic nitrogens is 1. The molecule has 6 heteroatoms. The molecular formula is C19H20ClN3O2. The average molecular weight is 358 g/mol. The molecule has 2 amide bonds. The number of hydrogen-bond acceptors (Lipinski definition) is 3. The Morgan fingerprint density at radius 1 is 1.20 bits per heavy atom. The highest BCUT2D eigenvalue weighted by Gasteiger charge is 2.50. The molecule has 2 fully saturated rings. The van der Waals surface area contributed by atoms with Crippen LogP contribution in [0.4, 0.5) is 10.5 Å². The van der Waals surface area contributed by atoms with Crippen LogP contribution in [0.3, 0.4) is 0 Å². The van der Waals surface area contributed by atoms with E-state index in [4.69, 9.17) is 11.6 Å². The van der Waals surface area contributed by atoms with Gasteiger partial charge in [-0.25, -0.2) is 4.79 Å². The summed E-state index contributed by atoms with van der Waals surface area (Å²) < 4.78 is 0. The molecule has 2 bridgehead atoms. The molecular weight excluding hydrogens is 338 g/mol. The number of benzene rings is 1. The number of urea groups is 1. The number of amides is 2. The summed E-state index contributed by atoms with van der Waals surface area (Å²) in [6.45, 7) is 0. The maximum atomic E-state index is 12.7. The van der Waals surface area contributed by atoms with Crippen molar-refractivity contribution in [3.63, 3.8) is 0 Å². The molecule has 0 radical (unpaired) electrons. The van der Waals surface area contributed by atoms with Crippen LogP contribution in [0.15, 0.2) is 48.8 Å². The summed E-state index contributed by atoms with van der Waals surface area (Å²) in [4.78, 5) is 18.8. The number of nitrogens with zero attached hydrogens (tertiary/aromatic N) is 2. The van der Waals surface area contributed by atoms with Gasteiger partial charge in [-0.15, -0.1) is 0 Å². The lowest BCUT2D eigenvalue weighted by Gasteiger charge is -2.43. The number of aliphatic hydroxyl groups is 1. The van der Waals surface area contributed by atoms with Crippen molar-refractivity contribution >= 4 is 23.3 Å². The van der Waals surface area contributed by atoms with Crippen LogP contribution in [0.2, 0.25) is 5.02 Å². The van der Waals surface area contributed by atoms with Gasteiger partial charge in [0.15, 0.2) is 0 Å². The number of anilines is 1. The van der Waals surface area contributed by atoms with Crippen molar-refractivity contribution in [3.05, 3.63) is 59.4 Å². The van der Waals surface area contributed by atoms with E-state index in [1.807, 2.05) is 17.0 Å². The summed E-state index contributed by atoms with van der Waals surface area (Å²) in [5.41, 5.74) is 0.656. The first-order chi connectivity index (χ1) is 12.0. The molecule has 1 aromatic carbocycles. The van der Waals surface area contributed by atoms with E-state index in [2.05, 4.69) is 10.3 Å². The summed E-state index contributed by atoms with van der Waals surface area (Å²) in [6, 6.07) is 10.8. The largest absolute Gasteiger partial charge is 0.385 e. The van der Waals surface area contributed by atoms with Gasteiger partial charge in [0.25, 0.3) is 0 Å². The standard InChI is InChI=1S/C19H20ClN3O2/c20-14-3-5-15(6-4-14)22-18(24)23-16-7-8-17(23)11-19(25,10-16)13-2-1-9-21-12-13/h1-6,9,12,16-17,25H,7-8,10-11H2,(H,22,24). The fraction of sp³-hybridized carbons (Fsp3) is 0.368. The second kappa shape index (κ2) is 6.32. The highest BCUT2D eigenvalue weighted by molar-refractivity contribution is 6.30. The molecule has 130 valence electrons. The monoisotopic (exact) mass is 357 g/mol. The minimum Gasteiger partial charge on any atom is -0.385 e. The summed E-state index contributed by atoms with van der Waals surface area (Å²) in [5.74, 6) is 0. The summed E-state index contributed by atoms with van der Waals surface area (Å²) in [7, 11) is 0. The molecule has 5 nitrogen and oxygen atoms in total. The third kappa shape index (κ3) is 3.10. The van der Waals surface area contributed by atoms with E-state index in [1.165, 1.54) is 0 Å². The molecule has 2 N–H and O–H groups in total. The maximum absolute atomic E-state index is 12.7. The van der Waals surface area contributed by atoms with Gasteiger partial charge in [0, 0.05) is 53.6 Å². The molecule has 0 aliphatic carbocycles. The van der Waals surface area contributed by atoms with E-state index < -0.39 is 5.60 Å². The average Bonchev–Trinajstić information content (AvgIpc) is 2.90. The second-order valence-corrected chi connectivity index (χ2v) is 7.35. The Hall–Kier alpha value is -2.11. The molecule has 2 aromatic rings. The Labute approximate surface area is 151 Å². The van der Waals surface area contributed by atoms with Gasteiger partial charge in [0.2, 0.25) is 0 Å². The van der Waals surface area contributed by atoms with E-state index in [0.717, 1.165) is 24.1 Å². The second-order valence-electron chi connectivity index (χ2n) is 6.91. The van der Waals surface area contributed by atoms with Crippen molar-refractivity contribution in [2.24, 2.45) is 0 Å². The Morgan fingerprint density at radius 2 is 1.88 bits per heavy atom. The Bertz CT molecular complexity index is 752. The number of carbonyl (C=O) groups is 1. The first kappa shape index (κ1) is 16.4. The number of halogens is 1. The normalized spacial score (nSPS) is 28.0. The first-order valence-electron chi connectivity index (χ1n) is 8.53. The molecule has 2 atom stereocenters. The van der Waals surface area contributed by atoms with Crippen LogP contribution in [0, 0.1) is 0 Å². The molecule has 2 aliphatic heterocycles. The van der Waals surface area contributed by atoms with E-state index >= 15 is 0 Å². The van der Waals surface area contributed by atoms with Crippen molar-refractivity contribution in [1.82, 2.24) is 9.88 Å². The van der Waals surface area contributed by atoms with E-state index in [0.29, 0.717) is 17.9 Å². The molecule has 3 heterocycles. The van der Waals surface area contributed by atoms with Gasteiger partial charge in [-0.2, -0.15) is 0 Å². The zero-order valence-corrected chi connectivity index (χ0v) is 14.5. The van der Waals surface area contributed by atoms with Crippen molar-refractivity contribution in [2.45, 2.75) is 43.4 Å². The summed E-state index contributed by atoms with van der Waals surface area (Å²) in [5, 5.41) is 14.7. The van der Waals surface area contributed by atoms with Crippen LogP contribution < -0.4 is 5.32 Å².